The first kappa shape index (κ1) is 9.60. The van der Waals surface area contributed by atoms with Crippen LogP contribution in [0.5, 0.6) is 0 Å². The van der Waals surface area contributed by atoms with Gasteiger partial charge in [-0.15, -0.1) is 11.8 Å². The molecule has 0 nitrogen and oxygen atoms in total. The van der Waals surface area contributed by atoms with E-state index in [1.807, 2.05) is 11.8 Å². The SMILES string of the molecule is CC1/C=C\C=C/Cc2ccccc2S1. The summed E-state index contributed by atoms with van der Waals surface area (Å²) in [6.07, 6.45) is 9.78. The van der Waals surface area contributed by atoms with Crippen LogP contribution in [0.4, 0.5) is 0 Å². The highest BCUT2D eigenvalue weighted by Gasteiger charge is 2.05. The molecular weight excluding hydrogens is 188 g/mol. The third kappa shape index (κ3) is 2.30. The largest absolute Gasteiger partial charge is 0.119 e. The second-order valence-electron chi connectivity index (χ2n) is 3.45. The molecule has 0 radical (unpaired) electrons. The van der Waals surface area contributed by atoms with Crippen molar-refractivity contribution in [2.45, 2.75) is 23.5 Å². The topological polar surface area (TPSA) is 0 Å². The van der Waals surface area contributed by atoms with Gasteiger partial charge in [-0.2, -0.15) is 0 Å². The summed E-state index contributed by atoms with van der Waals surface area (Å²) in [6.45, 7) is 2.23. The molecule has 0 bridgehead atoms. The van der Waals surface area contributed by atoms with Gasteiger partial charge in [0.15, 0.2) is 0 Å². The highest BCUT2D eigenvalue weighted by molar-refractivity contribution is 8.00. The average Bonchev–Trinajstić information content (AvgIpc) is 2.27. The highest BCUT2D eigenvalue weighted by Crippen LogP contribution is 2.28. The van der Waals surface area contributed by atoms with Gasteiger partial charge in [0.05, 0.1) is 0 Å². The van der Waals surface area contributed by atoms with Crippen molar-refractivity contribution in [3.05, 3.63) is 54.1 Å². The van der Waals surface area contributed by atoms with Gasteiger partial charge in [-0.05, 0) is 25.0 Å². The Morgan fingerprint density at radius 3 is 3.00 bits per heavy atom. The highest BCUT2D eigenvalue weighted by atomic mass is 32.2. The van der Waals surface area contributed by atoms with Gasteiger partial charge in [0, 0.05) is 10.1 Å². The van der Waals surface area contributed by atoms with Gasteiger partial charge in [-0.25, -0.2) is 0 Å². The number of fused-ring (bicyclic) bond motifs is 1. The molecule has 0 saturated carbocycles. The monoisotopic (exact) mass is 202 g/mol. The molecule has 0 aliphatic carbocycles. The molecule has 0 amide bonds. The summed E-state index contributed by atoms with van der Waals surface area (Å²) in [6, 6.07) is 8.65. The predicted octanol–water partition coefficient (Wildman–Crippen LogP) is 3.84. The fraction of sp³-hybridized carbons (Fsp3) is 0.231. The van der Waals surface area contributed by atoms with E-state index in [4.69, 9.17) is 0 Å². The summed E-state index contributed by atoms with van der Waals surface area (Å²) in [5.41, 5.74) is 1.43. The van der Waals surface area contributed by atoms with E-state index in [9.17, 15) is 0 Å². The van der Waals surface area contributed by atoms with Crippen molar-refractivity contribution in [2.75, 3.05) is 0 Å². The molecule has 1 aromatic carbocycles. The van der Waals surface area contributed by atoms with E-state index < -0.39 is 0 Å². The van der Waals surface area contributed by atoms with Gasteiger partial charge >= 0.3 is 0 Å². The van der Waals surface area contributed by atoms with Crippen LogP contribution in [0.15, 0.2) is 53.5 Å². The van der Waals surface area contributed by atoms with Crippen molar-refractivity contribution in [3.8, 4) is 0 Å². The molecule has 72 valence electrons. The molecule has 0 spiro atoms. The maximum atomic E-state index is 2.24. The molecule has 0 fully saturated rings. The Kier molecular flexibility index (Phi) is 3.10. The normalized spacial score (nSPS) is 25.4. The molecule has 1 aliphatic heterocycles. The minimum atomic E-state index is 0.555. The molecule has 14 heavy (non-hydrogen) atoms. The summed E-state index contributed by atoms with van der Waals surface area (Å²) >= 11 is 1.93. The lowest BCUT2D eigenvalue weighted by atomic mass is 10.1. The lowest BCUT2D eigenvalue weighted by Gasteiger charge is -2.09. The standard InChI is InChI=1S/C13H14S/c1-11-7-3-2-4-8-12-9-5-6-10-13(12)14-11/h2-7,9-11H,8H2,1H3/b4-2-,7-3-. The second-order valence-corrected chi connectivity index (χ2v) is 4.87. The molecule has 1 aliphatic rings. The quantitative estimate of drug-likeness (QED) is 0.616. The summed E-state index contributed by atoms with van der Waals surface area (Å²) < 4.78 is 0. The summed E-state index contributed by atoms with van der Waals surface area (Å²) in [5, 5.41) is 0.555. The molecule has 0 saturated heterocycles. The van der Waals surface area contributed by atoms with Crippen LogP contribution in [0.1, 0.15) is 12.5 Å². The van der Waals surface area contributed by atoms with Crippen LogP contribution >= 0.6 is 11.8 Å². The Morgan fingerprint density at radius 1 is 1.21 bits per heavy atom. The Morgan fingerprint density at radius 2 is 2.07 bits per heavy atom. The zero-order chi connectivity index (χ0) is 9.80. The van der Waals surface area contributed by atoms with Crippen LogP contribution in [-0.4, -0.2) is 5.25 Å². The van der Waals surface area contributed by atoms with Gasteiger partial charge in [0.25, 0.3) is 0 Å². The zero-order valence-electron chi connectivity index (χ0n) is 8.31. The van der Waals surface area contributed by atoms with Gasteiger partial charge in [0.2, 0.25) is 0 Å². The van der Waals surface area contributed by atoms with E-state index in [-0.39, 0.29) is 0 Å². The van der Waals surface area contributed by atoms with Crippen molar-refractivity contribution in [1.82, 2.24) is 0 Å². The molecule has 1 atom stereocenters. The Hall–Kier alpha value is -0.950. The fourth-order valence-electron chi connectivity index (χ4n) is 1.52. The minimum Gasteiger partial charge on any atom is -0.119 e. The van der Waals surface area contributed by atoms with Gasteiger partial charge in [-0.1, -0.05) is 42.5 Å². The van der Waals surface area contributed by atoms with Gasteiger partial charge in [-0.3, -0.25) is 0 Å². The van der Waals surface area contributed by atoms with Crippen LogP contribution in [0.2, 0.25) is 0 Å². The lowest BCUT2D eigenvalue weighted by molar-refractivity contribution is 1.17. The third-order valence-corrected chi connectivity index (χ3v) is 3.43. The van der Waals surface area contributed by atoms with E-state index in [0.29, 0.717) is 5.25 Å². The van der Waals surface area contributed by atoms with Crippen LogP contribution in [0.25, 0.3) is 0 Å². The van der Waals surface area contributed by atoms with Crippen molar-refractivity contribution in [1.29, 1.82) is 0 Å². The first-order valence-electron chi connectivity index (χ1n) is 4.94. The molecule has 1 aromatic rings. The number of rotatable bonds is 0. The lowest BCUT2D eigenvalue weighted by Crippen LogP contribution is -1.91. The summed E-state index contributed by atoms with van der Waals surface area (Å²) in [7, 11) is 0. The van der Waals surface area contributed by atoms with Crippen LogP contribution in [-0.2, 0) is 6.42 Å². The summed E-state index contributed by atoms with van der Waals surface area (Å²) in [5.74, 6) is 0. The van der Waals surface area contributed by atoms with E-state index in [1.165, 1.54) is 10.5 Å². The Labute approximate surface area is 89.7 Å². The zero-order valence-corrected chi connectivity index (χ0v) is 9.13. The molecule has 1 unspecified atom stereocenters. The van der Waals surface area contributed by atoms with E-state index in [2.05, 4.69) is 55.5 Å². The number of benzene rings is 1. The predicted molar refractivity (Wildman–Crippen MR) is 63.7 cm³/mol. The fourth-order valence-corrected chi connectivity index (χ4v) is 2.55. The number of hydrogen-bond acceptors (Lipinski definition) is 1. The number of allylic oxidation sites excluding steroid dienone is 3. The minimum absolute atomic E-state index is 0.555. The number of thioether (sulfide) groups is 1. The van der Waals surface area contributed by atoms with Crippen molar-refractivity contribution < 1.29 is 0 Å². The molecule has 2 rings (SSSR count). The van der Waals surface area contributed by atoms with Crippen LogP contribution in [0.3, 0.4) is 0 Å². The van der Waals surface area contributed by atoms with Crippen molar-refractivity contribution in [3.63, 3.8) is 0 Å². The van der Waals surface area contributed by atoms with Crippen LogP contribution < -0.4 is 0 Å². The first-order valence-corrected chi connectivity index (χ1v) is 5.82. The van der Waals surface area contributed by atoms with E-state index in [1.54, 1.807) is 0 Å². The Balaban J connectivity index is 2.34. The summed E-state index contributed by atoms with van der Waals surface area (Å²) in [4.78, 5) is 1.41. The Bertz CT molecular complexity index is 363. The van der Waals surface area contributed by atoms with E-state index >= 15 is 0 Å². The maximum Gasteiger partial charge on any atom is 0.0249 e. The van der Waals surface area contributed by atoms with Crippen molar-refractivity contribution >= 4 is 11.8 Å². The van der Waals surface area contributed by atoms with Crippen LogP contribution in [0, 0.1) is 0 Å². The smallest absolute Gasteiger partial charge is 0.0249 e. The molecule has 0 aromatic heterocycles. The average molecular weight is 202 g/mol. The molecular formula is C13H14S. The van der Waals surface area contributed by atoms with Crippen molar-refractivity contribution in [2.24, 2.45) is 0 Å². The third-order valence-electron chi connectivity index (χ3n) is 2.25. The van der Waals surface area contributed by atoms with E-state index in [0.717, 1.165) is 6.42 Å². The maximum absolute atomic E-state index is 2.24. The molecule has 1 heteroatoms. The molecule has 0 N–H and O–H groups in total. The van der Waals surface area contributed by atoms with Gasteiger partial charge < -0.3 is 0 Å². The number of hydrogen-bond donors (Lipinski definition) is 0. The second kappa shape index (κ2) is 4.52. The van der Waals surface area contributed by atoms with Gasteiger partial charge in [0.1, 0.15) is 0 Å². The first-order chi connectivity index (χ1) is 6.86. The molecule has 1 heterocycles.